The smallest absolute Gasteiger partial charge is 0.318 e. The Balaban J connectivity index is 1.52. The number of hydrogen-bond donors (Lipinski definition) is 2. The number of esters is 1. The molecule has 0 bridgehead atoms. The minimum absolute atomic E-state index is 0.153. The van der Waals surface area contributed by atoms with Gasteiger partial charge in [-0.05, 0) is 26.2 Å². The molecule has 0 atom stereocenters. The number of benzene rings is 1. The molecule has 32 heavy (non-hydrogen) atoms. The lowest BCUT2D eigenvalue weighted by molar-refractivity contribution is -0.145. The highest BCUT2D eigenvalue weighted by Gasteiger charge is 2.38. The second-order valence-electron chi connectivity index (χ2n) is 8.63. The van der Waals surface area contributed by atoms with Crippen LogP contribution in [0, 0.1) is 0 Å². The zero-order valence-corrected chi connectivity index (χ0v) is 18.5. The maximum Gasteiger partial charge on any atom is 0.318 e. The lowest BCUT2D eigenvalue weighted by Crippen LogP contribution is -2.56. The van der Waals surface area contributed by atoms with Gasteiger partial charge in [-0.25, -0.2) is 9.78 Å². The molecule has 2 N–H and O–H groups in total. The molecule has 1 saturated carbocycles. The first kappa shape index (κ1) is 22.0. The van der Waals surface area contributed by atoms with E-state index in [9.17, 15) is 14.4 Å². The molecule has 2 amide bonds. The molecule has 1 aliphatic carbocycles. The number of aromatic amines is 1. The van der Waals surface area contributed by atoms with E-state index in [-0.39, 0.29) is 30.5 Å². The summed E-state index contributed by atoms with van der Waals surface area (Å²) >= 11 is 0. The van der Waals surface area contributed by atoms with E-state index in [1.165, 1.54) is 0 Å². The van der Waals surface area contributed by atoms with Gasteiger partial charge in [0, 0.05) is 17.7 Å². The number of amides is 2. The average molecular weight is 439 g/mol. The van der Waals surface area contributed by atoms with Gasteiger partial charge < -0.3 is 19.9 Å². The summed E-state index contributed by atoms with van der Waals surface area (Å²) in [6, 6.07) is 9.25. The zero-order valence-electron chi connectivity index (χ0n) is 18.5. The number of carbonyl (C=O) groups excluding carboxylic acids is 2. The van der Waals surface area contributed by atoms with Crippen LogP contribution in [0.4, 0.5) is 4.79 Å². The fourth-order valence-electron chi connectivity index (χ4n) is 4.71. The second-order valence-corrected chi connectivity index (χ2v) is 8.63. The standard InChI is InChI=1S/C24H30N4O4/c1-2-32-20(29)15-24(12-7-4-8-13-24)27-23(31)28-14-11-18-19(16-28)25-21(26-22(18)30)17-9-5-3-6-10-17/h3,5-6,9-10H,2,4,7-8,11-16H2,1H3,(H,27,31)(H,25,26,30). The molecule has 2 heterocycles. The number of aromatic nitrogens is 2. The van der Waals surface area contributed by atoms with Crippen molar-refractivity contribution < 1.29 is 14.3 Å². The molecule has 2 aliphatic rings. The van der Waals surface area contributed by atoms with Gasteiger partial charge in [0.15, 0.2) is 0 Å². The van der Waals surface area contributed by atoms with Gasteiger partial charge in [0.25, 0.3) is 5.56 Å². The number of rotatable bonds is 5. The molecule has 4 rings (SSSR count). The number of nitrogens with zero attached hydrogens (tertiary/aromatic N) is 2. The Bertz CT molecular complexity index is 1030. The molecule has 0 radical (unpaired) electrons. The highest BCUT2D eigenvalue weighted by molar-refractivity contribution is 5.78. The van der Waals surface area contributed by atoms with Gasteiger partial charge in [-0.2, -0.15) is 0 Å². The van der Waals surface area contributed by atoms with E-state index in [2.05, 4.69) is 15.3 Å². The van der Waals surface area contributed by atoms with Crippen LogP contribution >= 0.6 is 0 Å². The molecule has 8 nitrogen and oxygen atoms in total. The fraction of sp³-hybridized carbons (Fsp3) is 0.500. The molecule has 1 aliphatic heterocycles. The molecule has 0 unspecified atom stereocenters. The molecule has 0 saturated heterocycles. The maximum absolute atomic E-state index is 13.2. The quantitative estimate of drug-likeness (QED) is 0.698. The molecule has 8 heteroatoms. The fourth-order valence-corrected chi connectivity index (χ4v) is 4.71. The van der Waals surface area contributed by atoms with Crippen LogP contribution in [0.5, 0.6) is 0 Å². The van der Waals surface area contributed by atoms with Crippen LogP contribution in [-0.4, -0.2) is 45.6 Å². The number of carbonyl (C=O) groups is 2. The number of ether oxygens (including phenoxy) is 1. The zero-order chi connectivity index (χ0) is 22.6. The van der Waals surface area contributed by atoms with Crippen molar-refractivity contribution in [3.8, 4) is 11.4 Å². The van der Waals surface area contributed by atoms with E-state index in [0.717, 1.165) is 37.7 Å². The van der Waals surface area contributed by atoms with E-state index in [0.29, 0.717) is 36.7 Å². The van der Waals surface area contributed by atoms with Gasteiger partial charge in [-0.15, -0.1) is 0 Å². The highest BCUT2D eigenvalue weighted by Crippen LogP contribution is 2.32. The van der Waals surface area contributed by atoms with Crippen LogP contribution in [0.3, 0.4) is 0 Å². The van der Waals surface area contributed by atoms with Crippen molar-refractivity contribution in [2.45, 2.75) is 64.0 Å². The van der Waals surface area contributed by atoms with E-state index >= 15 is 0 Å². The van der Waals surface area contributed by atoms with Crippen molar-refractivity contribution in [3.05, 3.63) is 51.9 Å². The van der Waals surface area contributed by atoms with Gasteiger partial charge in [0.1, 0.15) is 5.82 Å². The Morgan fingerprint density at radius 3 is 2.66 bits per heavy atom. The van der Waals surface area contributed by atoms with Gasteiger partial charge >= 0.3 is 12.0 Å². The predicted molar refractivity (Wildman–Crippen MR) is 120 cm³/mol. The second kappa shape index (κ2) is 9.54. The van der Waals surface area contributed by atoms with Gasteiger partial charge in [0.2, 0.25) is 0 Å². The summed E-state index contributed by atoms with van der Waals surface area (Å²) in [5.74, 6) is 0.224. The topological polar surface area (TPSA) is 104 Å². The number of urea groups is 1. The monoisotopic (exact) mass is 438 g/mol. The predicted octanol–water partition coefficient (Wildman–Crippen LogP) is 3.16. The van der Waals surface area contributed by atoms with Crippen molar-refractivity contribution in [2.75, 3.05) is 13.2 Å². The van der Waals surface area contributed by atoms with Crippen molar-refractivity contribution in [2.24, 2.45) is 0 Å². The van der Waals surface area contributed by atoms with Crippen LogP contribution in [0.15, 0.2) is 35.1 Å². The normalized spacial score (nSPS) is 17.3. The molecule has 2 aromatic rings. The average Bonchev–Trinajstić information content (AvgIpc) is 2.79. The lowest BCUT2D eigenvalue weighted by Gasteiger charge is -2.39. The molecule has 0 spiro atoms. The summed E-state index contributed by atoms with van der Waals surface area (Å²) in [4.78, 5) is 47.3. The summed E-state index contributed by atoms with van der Waals surface area (Å²) in [7, 11) is 0. The number of hydrogen-bond acceptors (Lipinski definition) is 5. The molecule has 170 valence electrons. The molecule has 1 aromatic carbocycles. The molecule has 1 fully saturated rings. The Morgan fingerprint density at radius 2 is 1.94 bits per heavy atom. The van der Waals surface area contributed by atoms with Crippen molar-refractivity contribution in [1.29, 1.82) is 0 Å². The summed E-state index contributed by atoms with van der Waals surface area (Å²) < 4.78 is 5.16. The summed E-state index contributed by atoms with van der Waals surface area (Å²) in [5, 5.41) is 3.16. The Labute approximate surface area is 187 Å². The Morgan fingerprint density at radius 1 is 1.19 bits per heavy atom. The third-order valence-corrected chi connectivity index (χ3v) is 6.38. The van der Waals surface area contributed by atoms with Crippen LogP contribution in [0.1, 0.15) is 56.7 Å². The number of nitrogens with one attached hydrogen (secondary N) is 2. The first-order chi connectivity index (χ1) is 15.5. The van der Waals surface area contributed by atoms with E-state index < -0.39 is 5.54 Å². The van der Waals surface area contributed by atoms with Crippen molar-refractivity contribution in [1.82, 2.24) is 20.2 Å². The summed E-state index contributed by atoms with van der Waals surface area (Å²) in [5.41, 5.74) is 1.35. The summed E-state index contributed by atoms with van der Waals surface area (Å²) in [6.07, 6.45) is 5.21. The molecular weight excluding hydrogens is 408 g/mol. The van der Waals surface area contributed by atoms with Crippen LogP contribution in [0.25, 0.3) is 11.4 Å². The lowest BCUT2D eigenvalue weighted by atomic mass is 9.79. The van der Waals surface area contributed by atoms with Crippen molar-refractivity contribution >= 4 is 12.0 Å². The van der Waals surface area contributed by atoms with Crippen molar-refractivity contribution in [3.63, 3.8) is 0 Å². The Kier molecular flexibility index (Phi) is 6.58. The first-order valence-electron chi connectivity index (χ1n) is 11.4. The number of H-pyrrole nitrogens is 1. The van der Waals surface area contributed by atoms with Crippen LogP contribution < -0.4 is 10.9 Å². The SMILES string of the molecule is CCOC(=O)CC1(NC(=O)N2CCc3c(nc(-c4ccccc4)[nH]c3=O)C2)CCCCC1. The van der Waals surface area contributed by atoms with Crippen LogP contribution in [0.2, 0.25) is 0 Å². The minimum atomic E-state index is -0.571. The minimum Gasteiger partial charge on any atom is -0.466 e. The highest BCUT2D eigenvalue weighted by atomic mass is 16.5. The Hall–Kier alpha value is -3.16. The van der Waals surface area contributed by atoms with E-state index in [1.54, 1.807) is 11.8 Å². The molecule has 1 aromatic heterocycles. The van der Waals surface area contributed by atoms with Gasteiger partial charge in [-0.1, -0.05) is 49.6 Å². The van der Waals surface area contributed by atoms with Crippen LogP contribution in [-0.2, 0) is 22.5 Å². The van der Waals surface area contributed by atoms with Gasteiger partial charge in [-0.3, -0.25) is 9.59 Å². The first-order valence-corrected chi connectivity index (χ1v) is 11.4. The maximum atomic E-state index is 13.2. The van der Waals surface area contributed by atoms with Gasteiger partial charge in [0.05, 0.1) is 30.8 Å². The summed E-state index contributed by atoms with van der Waals surface area (Å²) in [6.45, 7) is 2.81. The van der Waals surface area contributed by atoms with E-state index in [1.807, 2.05) is 30.3 Å². The van der Waals surface area contributed by atoms with E-state index in [4.69, 9.17) is 4.74 Å². The largest absolute Gasteiger partial charge is 0.466 e. The third kappa shape index (κ3) is 4.84. The third-order valence-electron chi connectivity index (χ3n) is 6.38. The molecular formula is C24H30N4O4. The number of fused-ring (bicyclic) bond motifs is 1.